The summed E-state index contributed by atoms with van der Waals surface area (Å²) in [6.07, 6.45) is 1.64. The van der Waals surface area contributed by atoms with Crippen molar-refractivity contribution in [2.75, 3.05) is 23.9 Å². The molecule has 0 radical (unpaired) electrons. The van der Waals surface area contributed by atoms with Crippen molar-refractivity contribution in [3.63, 3.8) is 0 Å². The minimum Gasteiger partial charge on any atom is -0.384 e. The smallest absolute Gasteiger partial charge is 0.269 e. The number of benzene rings is 1. The molecule has 0 fully saturated rings. The lowest BCUT2D eigenvalue weighted by molar-refractivity contribution is -0.384. The van der Waals surface area contributed by atoms with E-state index >= 15 is 0 Å². The van der Waals surface area contributed by atoms with Crippen molar-refractivity contribution < 1.29 is 9.13 Å². The highest BCUT2D eigenvalue weighted by atomic mass is 32.2. The van der Waals surface area contributed by atoms with E-state index in [0.717, 1.165) is 5.69 Å². The predicted molar refractivity (Wildman–Crippen MR) is 60.5 cm³/mol. The topological polar surface area (TPSA) is 72.2 Å². The first-order chi connectivity index (χ1) is 7.09. The third-order valence-corrected chi connectivity index (χ3v) is 2.58. The highest BCUT2D eigenvalue weighted by Crippen LogP contribution is 2.14. The fraction of sp³-hybridized carbons (Fsp3) is 0.333. The monoisotopic (exact) mass is 228 g/mol. The molecule has 0 amide bonds. The summed E-state index contributed by atoms with van der Waals surface area (Å²) in [5.41, 5.74) is 0.866. The molecule has 82 valence electrons. The van der Waals surface area contributed by atoms with Gasteiger partial charge in [0.1, 0.15) is 0 Å². The first-order valence-corrected chi connectivity index (χ1v) is 6.10. The lowest BCUT2D eigenvalue weighted by Gasteiger charge is -2.03. The minimum atomic E-state index is -0.822. The molecule has 1 aromatic carbocycles. The lowest BCUT2D eigenvalue weighted by atomic mass is 10.3. The van der Waals surface area contributed by atoms with Gasteiger partial charge >= 0.3 is 0 Å². The molecule has 1 atom stereocenters. The fourth-order valence-corrected chi connectivity index (χ4v) is 1.43. The second kappa shape index (κ2) is 5.45. The highest BCUT2D eigenvalue weighted by molar-refractivity contribution is 7.84. The van der Waals surface area contributed by atoms with Crippen LogP contribution in [0, 0.1) is 10.1 Å². The van der Waals surface area contributed by atoms with Gasteiger partial charge in [0.15, 0.2) is 0 Å². The summed E-state index contributed by atoms with van der Waals surface area (Å²) in [5.74, 6) is 0.566. The van der Waals surface area contributed by atoms with Gasteiger partial charge in [-0.15, -0.1) is 0 Å². The van der Waals surface area contributed by atoms with Crippen molar-refractivity contribution in [2.45, 2.75) is 0 Å². The summed E-state index contributed by atoms with van der Waals surface area (Å²) in [6.45, 7) is 0.598. The molecule has 0 saturated carbocycles. The normalized spacial score (nSPS) is 12.1. The molecular weight excluding hydrogens is 216 g/mol. The predicted octanol–water partition coefficient (Wildman–Crippen LogP) is 1.39. The maximum atomic E-state index is 10.8. The summed E-state index contributed by atoms with van der Waals surface area (Å²) in [5, 5.41) is 13.4. The van der Waals surface area contributed by atoms with Gasteiger partial charge in [-0.25, -0.2) is 0 Å². The van der Waals surface area contributed by atoms with Gasteiger partial charge in [0.05, 0.1) is 4.92 Å². The molecule has 0 aliphatic rings. The number of hydrogen-bond donors (Lipinski definition) is 1. The van der Waals surface area contributed by atoms with Crippen LogP contribution in [0.3, 0.4) is 0 Å². The van der Waals surface area contributed by atoms with Crippen LogP contribution in [0.15, 0.2) is 24.3 Å². The van der Waals surface area contributed by atoms with E-state index in [2.05, 4.69) is 5.32 Å². The zero-order valence-corrected chi connectivity index (χ0v) is 9.12. The summed E-state index contributed by atoms with van der Waals surface area (Å²) < 4.78 is 10.8. The van der Waals surface area contributed by atoms with Crippen LogP contribution in [-0.2, 0) is 10.8 Å². The maximum absolute atomic E-state index is 10.8. The van der Waals surface area contributed by atoms with Crippen LogP contribution < -0.4 is 5.32 Å². The van der Waals surface area contributed by atoms with Gasteiger partial charge in [0.25, 0.3) is 5.69 Å². The van der Waals surface area contributed by atoms with Crippen molar-refractivity contribution in [1.82, 2.24) is 0 Å². The Morgan fingerprint density at radius 2 is 2.00 bits per heavy atom. The Labute approximate surface area is 90.1 Å². The van der Waals surface area contributed by atoms with Gasteiger partial charge in [0, 0.05) is 47.2 Å². The molecule has 1 unspecified atom stereocenters. The third-order valence-electron chi connectivity index (χ3n) is 1.80. The molecule has 0 heterocycles. The maximum Gasteiger partial charge on any atom is 0.269 e. The molecule has 0 aromatic heterocycles. The Bertz CT molecular complexity index is 364. The molecular formula is C9H12N2O3S. The Hall–Kier alpha value is -1.43. The molecule has 0 bridgehead atoms. The number of nitro benzene ring substituents is 1. The molecule has 1 rings (SSSR count). The van der Waals surface area contributed by atoms with E-state index in [1.165, 1.54) is 12.1 Å². The Morgan fingerprint density at radius 3 is 2.47 bits per heavy atom. The number of non-ortho nitro benzene ring substituents is 1. The second-order valence-electron chi connectivity index (χ2n) is 3.01. The quantitative estimate of drug-likeness (QED) is 0.610. The molecule has 6 heteroatoms. The Balaban J connectivity index is 2.50. The number of nitro groups is 1. The van der Waals surface area contributed by atoms with Gasteiger partial charge < -0.3 is 5.32 Å². The molecule has 0 saturated heterocycles. The summed E-state index contributed by atoms with van der Waals surface area (Å²) in [7, 11) is -0.822. The van der Waals surface area contributed by atoms with E-state index < -0.39 is 15.7 Å². The zero-order valence-electron chi connectivity index (χ0n) is 8.30. The van der Waals surface area contributed by atoms with E-state index in [9.17, 15) is 14.3 Å². The Kier molecular flexibility index (Phi) is 4.23. The van der Waals surface area contributed by atoms with E-state index in [1.807, 2.05) is 0 Å². The second-order valence-corrected chi connectivity index (χ2v) is 4.56. The number of hydrogen-bond acceptors (Lipinski definition) is 4. The SMILES string of the molecule is CS(=O)CCNc1ccc([N+](=O)[O-])cc1. The van der Waals surface area contributed by atoms with Gasteiger partial charge in [-0.05, 0) is 12.1 Å². The number of nitrogens with one attached hydrogen (secondary N) is 1. The summed E-state index contributed by atoms with van der Waals surface area (Å²) in [4.78, 5) is 9.92. The summed E-state index contributed by atoms with van der Waals surface area (Å²) in [6, 6.07) is 6.14. The highest BCUT2D eigenvalue weighted by Gasteiger charge is 2.03. The molecule has 1 N–H and O–H groups in total. The standard InChI is InChI=1S/C9H12N2O3S/c1-15(14)7-6-10-8-2-4-9(5-3-8)11(12)13/h2-5,10H,6-7H2,1H3. The third kappa shape index (κ3) is 4.07. The van der Waals surface area contributed by atoms with Crippen LogP contribution in [0.5, 0.6) is 0 Å². The van der Waals surface area contributed by atoms with E-state index in [-0.39, 0.29) is 5.69 Å². The average Bonchev–Trinajstić information content (AvgIpc) is 2.18. The fourth-order valence-electron chi connectivity index (χ4n) is 1.04. The molecule has 0 aliphatic heterocycles. The van der Waals surface area contributed by atoms with Crippen molar-refractivity contribution in [2.24, 2.45) is 0 Å². The molecule has 0 aliphatic carbocycles. The molecule has 0 spiro atoms. The zero-order chi connectivity index (χ0) is 11.3. The number of rotatable bonds is 5. The van der Waals surface area contributed by atoms with Crippen LogP contribution in [0.4, 0.5) is 11.4 Å². The largest absolute Gasteiger partial charge is 0.384 e. The van der Waals surface area contributed by atoms with Gasteiger partial charge in [-0.3, -0.25) is 14.3 Å². The van der Waals surface area contributed by atoms with Crippen LogP contribution in [0.1, 0.15) is 0 Å². The lowest BCUT2D eigenvalue weighted by Crippen LogP contribution is -2.09. The molecule has 1 aromatic rings. The van der Waals surface area contributed by atoms with Crippen molar-refractivity contribution in [1.29, 1.82) is 0 Å². The van der Waals surface area contributed by atoms with E-state index in [1.54, 1.807) is 18.4 Å². The number of nitrogens with zero attached hydrogens (tertiary/aromatic N) is 1. The van der Waals surface area contributed by atoms with E-state index in [4.69, 9.17) is 0 Å². The van der Waals surface area contributed by atoms with Crippen LogP contribution in [0.25, 0.3) is 0 Å². The van der Waals surface area contributed by atoms with Crippen molar-refractivity contribution >= 4 is 22.2 Å². The first-order valence-electron chi connectivity index (χ1n) is 4.38. The van der Waals surface area contributed by atoms with Crippen molar-refractivity contribution in [3.8, 4) is 0 Å². The minimum absolute atomic E-state index is 0.0691. The first kappa shape index (κ1) is 11.6. The van der Waals surface area contributed by atoms with Gasteiger partial charge in [0.2, 0.25) is 0 Å². The van der Waals surface area contributed by atoms with Crippen LogP contribution >= 0.6 is 0 Å². The average molecular weight is 228 g/mol. The Morgan fingerprint density at radius 1 is 1.40 bits per heavy atom. The van der Waals surface area contributed by atoms with E-state index in [0.29, 0.717) is 12.3 Å². The van der Waals surface area contributed by atoms with Crippen molar-refractivity contribution in [3.05, 3.63) is 34.4 Å². The molecule has 15 heavy (non-hydrogen) atoms. The van der Waals surface area contributed by atoms with Gasteiger partial charge in [-0.2, -0.15) is 0 Å². The van der Waals surface area contributed by atoms with Gasteiger partial charge in [-0.1, -0.05) is 0 Å². The molecule has 5 nitrogen and oxygen atoms in total. The number of anilines is 1. The van der Waals surface area contributed by atoms with Crippen LogP contribution in [0.2, 0.25) is 0 Å². The van der Waals surface area contributed by atoms with Crippen LogP contribution in [-0.4, -0.2) is 27.7 Å². The summed E-state index contributed by atoms with van der Waals surface area (Å²) >= 11 is 0.